The molecule has 0 radical (unpaired) electrons. The second-order valence-corrected chi connectivity index (χ2v) is 3.58. The molecule has 0 N–H and O–H groups in total. The zero-order valence-corrected chi connectivity index (χ0v) is 8.02. The van der Waals surface area contributed by atoms with E-state index in [-0.39, 0.29) is 12.0 Å². The van der Waals surface area contributed by atoms with E-state index < -0.39 is 5.92 Å². The van der Waals surface area contributed by atoms with Gasteiger partial charge in [-0.05, 0) is 36.6 Å². The molecule has 1 nitrogen and oxygen atoms in total. The lowest BCUT2D eigenvalue weighted by Gasteiger charge is -2.25. The van der Waals surface area contributed by atoms with Crippen molar-refractivity contribution in [3.05, 3.63) is 29.3 Å². The quantitative estimate of drug-likeness (QED) is 0.673. The topological polar surface area (TPSA) is 9.23 Å². The van der Waals surface area contributed by atoms with E-state index in [0.717, 1.165) is 12.0 Å². The minimum Gasteiger partial charge on any atom is -0.497 e. The molecule has 0 unspecified atom stereocenters. The fourth-order valence-electron chi connectivity index (χ4n) is 1.90. The van der Waals surface area contributed by atoms with Crippen molar-refractivity contribution in [3.63, 3.8) is 0 Å². The fourth-order valence-corrected chi connectivity index (χ4v) is 1.90. The third kappa shape index (κ3) is 1.47. The Kier molecular flexibility index (Phi) is 2.17. The van der Waals surface area contributed by atoms with Crippen molar-refractivity contribution in [2.45, 2.75) is 25.2 Å². The Labute approximate surface area is 81.7 Å². The van der Waals surface area contributed by atoms with Gasteiger partial charge in [0.05, 0.1) is 7.11 Å². The monoisotopic (exact) mass is 198 g/mol. The highest BCUT2D eigenvalue weighted by Gasteiger charge is 2.36. The number of rotatable bonds is 1. The molecular formula is C11H12F2O. The summed E-state index contributed by atoms with van der Waals surface area (Å²) in [5, 5.41) is 0. The molecule has 0 atom stereocenters. The smallest absolute Gasteiger partial charge is 0.273 e. The molecule has 0 bridgehead atoms. The maximum Gasteiger partial charge on any atom is 0.273 e. The summed E-state index contributed by atoms with van der Waals surface area (Å²) >= 11 is 0. The van der Waals surface area contributed by atoms with Crippen molar-refractivity contribution in [2.75, 3.05) is 7.11 Å². The molecule has 2 rings (SSSR count). The number of benzene rings is 1. The fraction of sp³-hybridized carbons (Fsp3) is 0.455. The average Bonchev–Trinajstić information content (AvgIpc) is 2.16. The first-order valence-corrected chi connectivity index (χ1v) is 4.69. The number of ether oxygens (including phenoxy) is 1. The van der Waals surface area contributed by atoms with Crippen molar-refractivity contribution in [3.8, 4) is 5.75 Å². The number of methoxy groups -OCH3 is 1. The summed E-state index contributed by atoms with van der Waals surface area (Å²) in [7, 11) is 1.54. The van der Waals surface area contributed by atoms with E-state index >= 15 is 0 Å². The second-order valence-electron chi connectivity index (χ2n) is 3.58. The Morgan fingerprint density at radius 1 is 1.36 bits per heavy atom. The third-order valence-electron chi connectivity index (χ3n) is 2.64. The molecule has 1 aliphatic carbocycles. The highest BCUT2D eigenvalue weighted by molar-refractivity contribution is 5.39. The van der Waals surface area contributed by atoms with Gasteiger partial charge >= 0.3 is 0 Å². The van der Waals surface area contributed by atoms with Gasteiger partial charge in [-0.15, -0.1) is 0 Å². The average molecular weight is 198 g/mol. The maximum absolute atomic E-state index is 13.4. The molecule has 1 aromatic carbocycles. The molecule has 0 amide bonds. The zero-order chi connectivity index (χ0) is 10.2. The van der Waals surface area contributed by atoms with Gasteiger partial charge in [0, 0.05) is 12.0 Å². The van der Waals surface area contributed by atoms with Crippen molar-refractivity contribution in [1.29, 1.82) is 0 Å². The van der Waals surface area contributed by atoms with Gasteiger partial charge in [-0.3, -0.25) is 0 Å². The van der Waals surface area contributed by atoms with Gasteiger partial charge in [0.2, 0.25) is 0 Å². The van der Waals surface area contributed by atoms with Crippen LogP contribution in [0.15, 0.2) is 18.2 Å². The predicted octanol–water partition coefficient (Wildman–Crippen LogP) is 3.12. The molecule has 1 aromatic rings. The molecule has 14 heavy (non-hydrogen) atoms. The maximum atomic E-state index is 13.4. The third-order valence-corrected chi connectivity index (χ3v) is 2.64. The summed E-state index contributed by atoms with van der Waals surface area (Å²) in [5.74, 6) is -2.00. The number of halogens is 2. The van der Waals surface area contributed by atoms with Crippen molar-refractivity contribution < 1.29 is 13.5 Å². The first-order valence-electron chi connectivity index (χ1n) is 4.69. The standard InChI is InChI=1S/C11H12F2O/c1-14-9-4-5-10-8(7-9)3-2-6-11(10,12)13/h4-5,7H,2-3,6H2,1H3. The number of hydrogen-bond donors (Lipinski definition) is 0. The number of alkyl halides is 2. The van der Waals surface area contributed by atoms with Gasteiger partial charge in [-0.2, -0.15) is 0 Å². The van der Waals surface area contributed by atoms with Crippen LogP contribution in [0.3, 0.4) is 0 Å². The lowest BCUT2D eigenvalue weighted by molar-refractivity contribution is -0.0217. The van der Waals surface area contributed by atoms with Crippen molar-refractivity contribution >= 4 is 0 Å². The van der Waals surface area contributed by atoms with Crippen molar-refractivity contribution in [1.82, 2.24) is 0 Å². The minimum atomic E-state index is -2.65. The number of fused-ring (bicyclic) bond motifs is 1. The summed E-state index contributed by atoms with van der Waals surface area (Å²) in [4.78, 5) is 0. The zero-order valence-electron chi connectivity index (χ0n) is 8.02. The van der Waals surface area contributed by atoms with E-state index in [9.17, 15) is 8.78 Å². The normalized spacial score (nSPS) is 18.8. The Morgan fingerprint density at radius 2 is 2.14 bits per heavy atom. The largest absolute Gasteiger partial charge is 0.497 e. The Balaban J connectivity index is 2.46. The Bertz CT molecular complexity index is 347. The number of hydrogen-bond acceptors (Lipinski definition) is 1. The molecule has 0 saturated heterocycles. The van der Waals surface area contributed by atoms with Crippen LogP contribution in [-0.2, 0) is 12.3 Å². The van der Waals surface area contributed by atoms with Gasteiger partial charge in [0.15, 0.2) is 0 Å². The van der Waals surface area contributed by atoms with Gasteiger partial charge in [-0.1, -0.05) is 0 Å². The molecule has 0 heterocycles. The lowest BCUT2D eigenvalue weighted by atomic mass is 9.88. The molecule has 1 aliphatic rings. The summed E-state index contributed by atoms with van der Waals surface area (Å²) < 4.78 is 31.8. The van der Waals surface area contributed by atoms with Crippen molar-refractivity contribution in [2.24, 2.45) is 0 Å². The molecule has 0 aliphatic heterocycles. The summed E-state index contributed by atoms with van der Waals surface area (Å²) in [5.41, 5.74) is 0.894. The van der Waals surface area contributed by atoms with E-state index in [1.54, 1.807) is 19.2 Å². The Hall–Kier alpha value is -1.12. The minimum absolute atomic E-state index is 0.0354. The van der Waals surface area contributed by atoms with E-state index in [1.165, 1.54) is 6.07 Å². The second kappa shape index (κ2) is 3.23. The van der Waals surface area contributed by atoms with Crippen LogP contribution in [0.2, 0.25) is 0 Å². The van der Waals surface area contributed by atoms with Gasteiger partial charge in [0.25, 0.3) is 5.92 Å². The van der Waals surface area contributed by atoms with Crippen LogP contribution in [-0.4, -0.2) is 7.11 Å². The van der Waals surface area contributed by atoms with Gasteiger partial charge in [0.1, 0.15) is 5.75 Å². The first kappa shape index (κ1) is 9.44. The molecule has 0 saturated carbocycles. The molecule has 3 heteroatoms. The van der Waals surface area contributed by atoms with Crippen LogP contribution in [0.1, 0.15) is 24.0 Å². The summed E-state index contributed by atoms with van der Waals surface area (Å²) in [6.07, 6.45) is 1.24. The van der Waals surface area contributed by atoms with Crippen LogP contribution < -0.4 is 4.74 Å². The summed E-state index contributed by atoms with van der Waals surface area (Å²) in [6.45, 7) is 0. The molecule has 0 aromatic heterocycles. The highest BCUT2D eigenvalue weighted by Crippen LogP contribution is 2.40. The summed E-state index contributed by atoms with van der Waals surface area (Å²) in [6, 6.07) is 4.79. The molecular weight excluding hydrogens is 186 g/mol. The molecule has 0 spiro atoms. The van der Waals surface area contributed by atoms with Crippen LogP contribution in [0, 0.1) is 0 Å². The highest BCUT2D eigenvalue weighted by atomic mass is 19.3. The number of aryl methyl sites for hydroxylation is 1. The molecule has 0 fully saturated rings. The van der Waals surface area contributed by atoms with E-state index in [0.29, 0.717) is 12.2 Å². The van der Waals surface area contributed by atoms with E-state index in [2.05, 4.69) is 0 Å². The van der Waals surface area contributed by atoms with Crippen LogP contribution >= 0.6 is 0 Å². The molecule has 76 valence electrons. The van der Waals surface area contributed by atoms with E-state index in [1.807, 2.05) is 0 Å². The lowest BCUT2D eigenvalue weighted by Crippen LogP contribution is -2.20. The Morgan fingerprint density at radius 3 is 2.86 bits per heavy atom. The van der Waals surface area contributed by atoms with Crippen LogP contribution in [0.25, 0.3) is 0 Å². The van der Waals surface area contributed by atoms with E-state index in [4.69, 9.17) is 4.74 Å². The SMILES string of the molecule is COc1ccc2c(c1)CCCC2(F)F. The van der Waals surface area contributed by atoms with Gasteiger partial charge < -0.3 is 4.74 Å². The first-order chi connectivity index (χ1) is 6.63. The van der Waals surface area contributed by atoms with Crippen LogP contribution in [0.5, 0.6) is 5.75 Å². The predicted molar refractivity (Wildman–Crippen MR) is 49.8 cm³/mol. The van der Waals surface area contributed by atoms with Gasteiger partial charge in [-0.25, -0.2) is 8.78 Å². The van der Waals surface area contributed by atoms with Crippen LogP contribution in [0.4, 0.5) is 8.78 Å².